The van der Waals surface area contributed by atoms with Gasteiger partial charge in [-0.05, 0) is 0 Å². The largest absolute Gasteiger partial charge is 0.358 e. The Balaban J connectivity index is -0.0000000172. The van der Waals surface area contributed by atoms with Gasteiger partial charge in [-0.3, -0.25) is 0 Å². The van der Waals surface area contributed by atoms with Crippen molar-refractivity contribution in [1.29, 1.82) is 0 Å². The summed E-state index contributed by atoms with van der Waals surface area (Å²) in [5, 5.41) is 0. The molecule has 0 bridgehead atoms. The standard InChI is InChI=1S/C6H6.C6H5.3C2H6.4CH4.CH3.Y/c2*1-2-4-6-5-3-1;3*1-2;;;;;;/h1-6H;1-5H;3*1-2H3;4*1H4;1H3;/q;-1;;;;;;;;-1;. The van der Waals surface area contributed by atoms with Crippen molar-refractivity contribution in [1.82, 2.24) is 0 Å². The Labute approximate surface area is 183 Å². The minimum absolute atomic E-state index is 0. The molecule has 0 nitrogen and oxygen atoms in total. The first-order valence-corrected chi connectivity index (χ1v) is 6.91. The first-order chi connectivity index (χ1) is 9.00. The summed E-state index contributed by atoms with van der Waals surface area (Å²) >= 11 is 0. The molecule has 0 saturated carbocycles. The molecule has 2 rings (SSSR count). The van der Waals surface area contributed by atoms with E-state index in [0.717, 1.165) is 0 Å². The van der Waals surface area contributed by atoms with Gasteiger partial charge in [-0.15, -0.1) is 0 Å². The van der Waals surface area contributed by atoms with Crippen LogP contribution in [0.25, 0.3) is 0 Å². The van der Waals surface area contributed by atoms with Gasteiger partial charge in [0.1, 0.15) is 0 Å². The van der Waals surface area contributed by atoms with Crippen molar-refractivity contribution >= 4 is 0 Å². The first-order valence-electron chi connectivity index (χ1n) is 6.91. The number of rotatable bonds is 0. The molecule has 0 unspecified atom stereocenters. The average molecular weight is 414 g/mol. The zero-order chi connectivity index (χ0) is 14.5. The van der Waals surface area contributed by atoms with Crippen molar-refractivity contribution in [3.8, 4) is 0 Å². The van der Waals surface area contributed by atoms with E-state index in [-0.39, 0.29) is 69.8 Å². The van der Waals surface area contributed by atoms with E-state index in [9.17, 15) is 0 Å². The zero-order valence-corrected chi connectivity index (χ0v) is 17.3. The Morgan fingerprint density at radius 3 is 0.667 bits per heavy atom. The van der Waals surface area contributed by atoms with E-state index < -0.39 is 0 Å². The summed E-state index contributed by atoms with van der Waals surface area (Å²) in [4.78, 5) is 0. The van der Waals surface area contributed by atoms with E-state index in [1.165, 1.54) is 0 Å². The van der Waals surface area contributed by atoms with Crippen LogP contribution >= 0.6 is 0 Å². The predicted octanol–water partition coefficient (Wildman–Crippen LogP) is 9.24. The number of hydrogen-bond acceptors (Lipinski definition) is 0. The monoisotopic (exact) mass is 413 g/mol. The van der Waals surface area contributed by atoms with E-state index in [1.54, 1.807) is 0 Å². The van der Waals surface area contributed by atoms with Gasteiger partial charge in [0.2, 0.25) is 0 Å². The predicted molar refractivity (Wildman–Crippen MR) is 119 cm³/mol. The molecule has 1 radical (unpaired) electrons. The molecular formula is C23H48Y-2. The molecule has 24 heavy (non-hydrogen) atoms. The summed E-state index contributed by atoms with van der Waals surface area (Å²) in [6, 6.07) is 24.5. The quantitative estimate of drug-likeness (QED) is 0.378. The molecule has 0 saturated heterocycles. The van der Waals surface area contributed by atoms with Gasteiger partial charge in [-0.2, -0.15) is 36.4 Å². The number of benzene rings is 2. The normalized spacial score (nSPS) is 4.75. The Morgan fingerprint density at radius 1 is 0.417 bits per heavy atom. The van der Waals surface area contributed by atoms with Gasteiger partial charge in [-0.25, -0.2) is 0 Å². The minimum Gasteiger partial charge on any atom is -0.358 e. The van der Waals surface area contributed by atoms with Gasteiger partial charge in [0.25, 0.3) is 0 Å². The van der Waals surface area contributed by atoms with E-state index in [0.29, 0.717) is 0 Å². The van der Waals surface area contributed by atoms with Gasteiger partial charge in [0.15, 0.2) is 0 Å². The Morgan fingerprint density at radius 2 is 0.583 bits per heavy atom. The third-order valence-corrected chi connectivity index (χ3v) is 1.27. The van der Waals surface area contributed by atoms with Crippen LogP contribution in [-0.4, -0.2) is 0 Å². The third-order valence-electron chi connectivity index (χ3n) is 1.27. The second-order valence-electron chi connectivity index (χ2n) is 2.23. The Hall–Kier alpha value is -0.456. The van der Waals surface area contributed by atoms with E-state index in [1.807, 2.05) is 108 Å². The van der Waals surface area contributed by atoms with E-state index in [2.05, 4.69) is 6.07 Å². The molecule has 0 N–H and O–H groups in total. The van der Waals surface area contributed by atoms with Crippen LogP contribution < -0.4 is 0 Å². The molecule has 2 aromatic carbocycles. The molecule has 145 valence electrons. The van der Waals surface area contributed by atoms with Crippen molar-refractivity contribution in [2.24, 2.45) is 0 Å². The minimum atomic E-state index is 0. The summed E-state index contributed by atoms with van der Waals surface area (Å²) < 4.78 is 0. The second-order valence-corrected chi connectivity index (χ2v) is 2.23. The molecule has 0 aliphatic heterocycles. The van der Waals surface area contributed by atoms with Crippen LogP contribution in [0.2, 0.25) is 0 Å². The van der Waals surface area contributed by atoms with Crippen molar-refractivity contribution < 1.29 is 32.7 Å². The average Bonchev–Trinajstić information content (AvgIpc) is 2.57. The molecule has 1 heteroatoms. The first kappa shape index (κ1) is 56.6. The summed E-state index contributed by atoms with van der Waals surface area (Å²) in [6.07, 6.45) is 0. The molecule has 0 aliphatic rings. The van der Waals surface area contributed by atoms with Crippen molar-refractivity contribution in [3.63, 3.8) is 0 Å². The number of hydrogen-bond donors (Lipinski definition) is 0. The van der Waals surface area contributed by atoms with Crippen LogP contribution in [0.1, 0.15) is 71.2 Å². The molecule has 0 spiro atoms. The third kappa shape index (κ3) is 68.2. The Kier molecular flexibility index (Phi) is 185. The maximum Gasteiger partial charge on any atom is 0 e. The fraction of sp³-hybridized carbons (Fsp3) is 0.435. The van der Waals surface area contributed by atoms with Crippen LogP contribution in [0.3, 0.4) is 0 Å². The van der Waals surface area contributed by atoms with Crippen molar-refractivity contribution in [2.75, 3.05) is 0 Å². The molecule has 0 aromatic heterocycles. The summed E-state index contributed by atoms with van der Waals surface area (Å²) in [5.74, 6) is 0. The van der Waals surface area contributed by atoms with Crippen LogP contribution in [-0.2, 0) is 32.7 Å². The van der Waals surface area contributed by atoms with Crippen molar-refractivity contribution in [2.45, 2.75) is 71.2 Å². The zero-order valence-electron chi connectivity index (χ0n) is 14.4. The SMILES string of the molecule is C.C.C.C.CC.CC.CC.[CH3-].[Y].[c-]1ccccc1.c1ccccc1. The molecule has 0 fully saturated rings. The molecule has 0 heterocycles. The summed E-state index contributed by atoms with van der Waals surface area (Å²) in [5.41, 5.74) is 0. The maximum atomic E-state index is 2.89. The summed E-state index contributed by atoms with van der Waals surface area (Å²) in [6.45, 7) is 12.0. The van der Waals surface area contributed by atoms with Crippen LogP contribution in [0.15, 0.2) is 66.7 Å². The van der Waals surface area contributed by atoms with Gasteiger partial charge in [0.05, 0.1) is 0 Å². The molecule has 0 aliphatic carbocycles. The molecular weight excluding hydrogens is 365 g/mol. The van der Waals surface area contributed by atoms with Crippen LogP contribution in [0.5, 0.6) is 0 Å². The van der Waals surface area contributed by atoms with Gasteiger partial charge < -0.3 is 7.43 Å². The Bertz CT molecular complexity index is 181. The summed E-state index contributed by atoms with van der Waals surface area (Å²) in [7, 11) is 0. The van der Waals surface area contributed by atoms with E-state index >= 15 is 0 Å². The van der Waals surface area contributed by atoms with Crippen LogP contribution in [0.4, 0.5) is 0 Å². The molecule has 2 aromatic rings. The topological polar surface area (TPSA) is 0 Å². The molecule has 0 atom stereocenters. The second kappa shape index (κ2) is 78.5. The van der Waals surface area contributed by atoms with Gasteiger partial charge in [0, 0.05) is 32.7 Å². The fourth-order valence-electron chi connectivity index (χ4n) is 0.727. The van der Waals surface area contributed by atoms with Gasteiger partial charge >= 0.3 is 0 Å². The van der Waals surface area contributed by atoms with Crippen LogP contribution in [0, 0.1) is 13.5 Å². The smallest absolute Gasteiger partial charge is 0 e. The van der Waals surface area contributed by atoms with Crippen molar-refractivity contribution in [3.05, 3.63) is 80.2 Å². The van der Waals surface area contributed by atoms with E-state index in [4.69, 9.17) is 0 Å². The van der Waals surface area contributed by atoms with Gasteiger partial charge in [-0.1, -0.05) is 108 Å². The molecule has 0 amide bonds. The fourth-order valence-corrected chi connectivity index (χ4v) is 0.727. The maximum absolute atomic E-state index is 2.89.